The highest BCUT2D eigenvalue weighted by Crippen LogP contribution is 2.32. The minimum Gasteiger partial charge on any atom is -0.308 e. The highest BCUT2D eigenvalue weighted by molar-refractivity contribution is 7.98. The van der Waals surface area contributed by atoms with Crippen LogP contribution in [0.15, 0.2) is 18.2 Å². The largest absolute Gasteiger partial charge is 0.308 e. The molecule has 2 aromatic rings. The fraction of sp³-hybridized carbons (Fsp3) is 0.231. The first-order valence-corrected chi connectivity index (χ1v) is 7.95. The Kier molecular flexibility index (Phi) is 4.03. The average molecular weight is 327 g/mol. The van der Waals surface area contributed by atoms with Crippen molar-refractivity contribution >= 4 is 40.8 Å². The maximum absolute atomic E-state index is 6.02. The van der Waals surface area contributed by atoms with Crippen molar-refractivity contribution in [3.05, 3.63) is 50.9 Å². The second kappa shape index (κ2) is 5.77. The number of aromatic nitrogens is 2. The molecule has 0 amide bonds. The third-order valence-electron chi connectivity index (χ3n) is 3.11. The number of halogens is 2. The number of nitrogens with one attached hydrogen (secondary N) is 1. The lowest BCUT2D eigenvalue weighted by Gasteiger charge is -2.09. The van der Waals surface area contributed by atoms with Crippen LogP contribution in [0.25, 0.3) is 0 Å². The van der Waals surface area contributed by atoms with E-state index in [1.54, 1.807) is 6.07 Å². The number of rotatable bonds is 3. The topological polar surface area (TPSA) is 63.8 Å². The first-order valence-electron chi connectivity index (χ1n) is 6.04. The normalized spacial score (nSPS) is 13.3. The number of fused-ring (bicyclic) bond motifs is 1. The van der Waals surface area contributed by atoms with Gasteiger partial charge < -0.3 is 5.43 Å². The van der Waals surface area contributed by atoms with Crippen LogP contribution in [0.5, 0.6) is 0 Å². The Morgan fingerprint density at radius 3 is 2.80 bits per heavy atom. The van der Waals surface area contributed by atoms with Crippen molar-refractivity contribution in [1.29, 1.82) is 0 Å². The van der Waals surface area contributed by atoms with Crippen LogP contribution < -0.4 is 11.3 Å². The molecule has 0 saturated carbocycles. The van der Waals surface area contributed by atoms with E-state index in [9.17, 15) is 0 Å². The number of hydrogen-bond donors (Lipinski definition) is 2. The van der Waals surface area contributed by atoms with Gasteiger partial charge in [-0.25, -0.2) is 15.8 Å². The predicted octanol–water partition coefficient (Wildman–Crippen LogP) is 3.41. The Morgan fingerprint density at radius 1 is 1.20 bits per heavy atom. The number of thioether (sulfide) groups is 1. The van der Waals surface area contributed by atoms with E-state index < -0.39 is 0 Å². The Morgan fingerprint density at radius 2 is 2.05 bits per heavy atom. The molecule has 1 aliphatic rings. The van der Waals surface area contributed by atoms with Gasteiger partial charge in [-0.3, -0.25) is 0 Å². The molecule has 104 valence electrons. The third kappa shape index (κ3) is 2.72. The predicted molar refractivity (Wildman–Crippen MR) is 84.1 cm³/mol. The summed E-state index contributed by atoms with van der Waals surface area (Å²) in [5.41, 5.74) is 5.85. The summed E-state index contributed by atoms with van der Waals surface area (Å²) in [5, 5.41) is 1.09. The van der Waals surface area contributed by atoms with Gasteiger partial charge in [0.1, 0.15) is 11.6 Å². The number of nitrogen functional groups attached to an aromatic ring is 1. The molecular formula is C13H12Cl2N4S. The molecule has 0 atom stereocenters. The van der Waals surface area contributed by atoms with Crippen LogP contribution >= 0.6 is 35.0 Å². The van der Waals surface area contributed by atoms with Crippen molar-refractivity contribution in [3.8, 4) is 0 Å². The van der Waals surface area contributed by atoms with Gasteiger partial charge in [0.25, 0.3) is 0 Å². The van der Waals surface area contributed by atoms with Crippen molar-refractivity contribution in [2.45, 2.75) is 17.9 Å². The molecule has 0 radical (unpaired) electrons. The van der Waals surface area contributed by atoms with Crippen molar-refractivity contribution in [2.75, 3.05) is 5.43 Å². The molecule has 0 fully saturated rings. The lowest BCUT2D eigenvalue weighted by Crippen LogP contribution is -2.14. The summed E-state index contributed by atoms with van der Waals surface area (Å²) in [7, 11) is 0. The van der Waals surface area contributed by atoms with E-state index in [-0.39, 0.29) is 0 Å². The van der Waals surface area contributed by atoms with Crippen LogP contribution in [-0.4, -0.2) is 9.97 Å². The first-order chi connectivity index (χ1) is 9.67. The van der Waals surface area contributed by atoms with Crippen LogP contribution in [0.2, 0.25) is 10.0 Å². The summed E-state index contributed by atoms with van der Waals surface area (Å²) in [6, 6.07) is 5.55. The molecular weight excluding hydrogens is 315 g/mol. The first kappa shape index (κ1) is 13.9. The number of anilines is 1. The monoisotopic (exact) mass is 326 g/mol. The Bertz CT molecular complexity index is 663. The van der Waals surface area contributed by atoms with Crippen molar-refractivity contribution < 1.29 is 0 Å². The molecule has 3 rings (SSSR count). The van der Waals surface area contributed by atoms with E-state index in [0.29, 0.717) is 16.5 Å². The summed E-state index contributed by atoms with van der Waals surface area (Å²) in [5.74, 6) is 8.80. The number of nitrogens with zero attached hydrogens (tertiary/aromatic N) is 2. The molecule has 7 heteroatoms. The summed E-state index contributed by atoms with van der Waals surface area (Å²) in [6.07, 6.45) is 0.601. The fourth-order valence-corrected chi connectivity index (χ4v) is 3.50. The summed E-state index contributed by atoms with van der Waals surface area (Å²) in [6.45, 7) is 0. The standard InChI is InChI=1S/C13H12Cl2N4S/c14-9-2-1-7(3-10(9)15)4-12-17-11-6-20-5-8(11)13(18-12)19-16/h1-3H,4-6,16H2,(H,17,18,19). The van der Waals surface area contributed by atoms with Gasteiger partial charge in [0.2, 0.25) is 0 Å². The molecule has 1 aromatic carbocycles. The zero-order chi connectivity index (χ0) is 14.1. The highest BCUT2D eigenvalue weighted by Gasteiger charge is 2.19. The van der Waals surface area contributed by atoms with Crippen LogP contribution in [0.3, 0.4) is 0 Å². The number of hydrazine groups is 1. The zero-order valence-electron chi connectivity index (χ0n) is 10.5. The van der Waals surface area contributed by atoms with Gasteiger partial charge in [0.15, 0.2) is 0 Å². The maximum Gasteiger partial charge on any atom is 0.148 e. The van der Waals surface area contributed by atoms with Crippen molar-refractivity contribution in [1.82, 2.24) is 9.97 Å². The van der Waals surface area contributed by atoms with E-state index in [1.165, 1.54) is 0 Å². The van der Waals surface area contributed by atoms with E-state index in [4.69, 9.17) is 29.0 Å². The molecule has 20 heavy (non-hydrogen) atoms. The minimum absolute atomic E-state index is 0.540. The van der Waals surface area contributed by atoms with Gasteiger partial charge in [-0.05, 0) is 17.7 Å². The lowest BCUT2D eigenvalue weighted by atomic mass is 10.1. The van der Waals surface area contributed by atoms with Gasteiger partial charge in [-0.15, -0.1) is 0 Å². The van der Waals surface area contributed by atoms with Gasteiger partial charge in [-0.1, -0.05) is 29.3 Å². The van der Waals surface area contributed by atoms with Crippen molar-refractivity contribution in [2.24, 2.45) is 5.84 Å². The average Bonchev–Trinajstić information content (AvgIpc) is 2.90. The zero-order valence-corrected chi connectivity index (χ0v) is 12.8. The molecule has 0 spiro atoms. The van der Waals surface area contributed by atoms with Gasteiger partial charge >= 0.3 is 0 Å². The molecule has 0 unspecified atom stereocenters. The Hall–Kier alpha value is -1.01. The molecule has 1 aromatic heterocycles. The summed E-state index contributed by atoms with van der Waals surface area (Å²) in [4.78, 5) is 9.08. The van der Waals surface area contributed by atoms with Crippen LogP contribution in [-0.2, 0) is 17.9 Å². The van der Waals surface area contributed by atoms with E-state index in [1.807, 2.05) is 23.9 Å². The van der Waals surface area contributed by atoms with E-state index in [0.717, 1.165) is 40.0 Å². The van der Waals surface area contributed by atoms with Gasteiger partial charge in [0, 0.05) is 23.5 Å². The number of benzene rings is 1. The molecule has 0 saturated heterocycles. The minimum atomic E-state index is 0.540. The molecule has 4 nitrogen and oxygen atoms in total. The third-order valence-corrected chi connectivity index (χ3v) is 4.82. The molecule has 0 aliphatic carbocycles. The SMILES string of the molecule is NNc1nc(Cc2ccc(Cl)c(Cl)c2)nc2c1CSC2. The number of nitrogens with two attached hydrogens (primary N) is 1. The van der Waals surface area contributed by atoms with Crippen LogP contribution in [0, 0.1) is 0 Å². The number of hydrogen-bond acceptors (Lipinski definition) is 5. The summed E-state index contributed by atoms with van der Waals surface area (Å²) < 4.78 is 0. The van der Waals surface area contributed by atoms with Crippen LogP contribution in [0.1, 0.15) is 22.6 Å². The highest BCUT2D eigenvalue weighted by atomic mass is 35.5. The molecule has 0 bridgehead atoms. The molecule has 2 heterocycles. The summed E-state index contributed by atoms with van der Waals surface area (Å²) >= 11 is 13.8. The second-order valence-electron chi connectivity index (χ2n) is 4.48. The van der Waals surface area contributed by atoms with E-state index in [2.05, 4.69) is 15.4 Å². The van der Waals surface area contributed by atoms with Crippen LogP contribution in [0.4, 0.5) is 5.82 Å². The quantitative estimate of drug-likeness (QED) is 0.668. The van der Waals surface area contributed by atoms with Gasteiger partial charge in [0.05, 0.1) is 15.7 Å². The van der Waals surface area contributed by atoms with Crippen molar-refractivity contribution in [3.63, 3.8) is 0 Å². The Balaban J connectivity index is 1.92. The Labute approximate surface area is 131 Å². The molecule has 1 aliphatic heterocycles. The second-order valence-corrected chi connectivity index (χ2v) is 6.28. The smallest absolute Gasteiger partial charge is 0.148 e. The van der Waals surface area contributed by atoms with Gasteiger partial charge in [-0.2, -0.15) is 11.8 Å². The maximum atomic E-state index is 6.02. The van der Waals surface area contributed by atoms with E-state index >= 15 is 0 Å². The molecule has 3 N–H and O–H groups in total. The lowest BCUT2D eigenvalue weighted by molar-refractivity contribution is 0.926. The fourth-order valence-electron chi connectivity index (χ4n) is 2.13.